The Morgan fingerprint density at radius 1 is 1.00 bits per heavy atom. The SMILES string of the molecule is COCc1c(C)c(C(C)(C)C)cc(C(C)(C)C)c1O. The van der Waals surface area contributed by atoms with Gasteiger partial charge in [-0.2, -0.15) is 0 Å². The molecule has 0 aromatic heterocycles. The Bertz CT molecular complexity index is 421. The lowest BCUT2D eigenvalue weighted by Gasteiger charge is -2.29. The molecule has 0 aliphatic heterocycles. The van der Waals surface area contributed by atoms with Gasteiger partial charge < -0.3 is 9.84 Å². The fourth-order valence-corrected chi connectivity index (χ4v) is 2.50. The summed E-state index contributed by atoms with van der Waals surface area (Å²) in [5, 5.41) is 10.5. The summed E-state index contributed by atoms with van der Waals surface area (Å²) in [5.74, 6) is 0.389. The van der Waals surface area contributed by atoms with Gasteiger partial charge in [-0.25, -0.2) is 0 Å². The summed E-state index contributed by atoms with van der Waals surface area (Å²) < 4.78 is 5.26. The van der Waals surface area contributed by atoms with E-state index in [1.54, 1.807) is 7.11 Å². The van der Waals surface area contributed by atoms with Crippen molar-refractivity contribution >= 4 is 0 Å². The Kier molecular flexibility index (Phi) is 4.36. The van der Waals surface area contributed by atoms with Crippen LogP contribution in [0.3, 0.4) is 0 Å². The Morgan fingerprint density at radius 3 is 1.84 bits per heavy atom. The van der Waals surface area contributed by atoms with E-state index in [1.165, 1.54) is 5.56 Å². The Morgan fingerprint density at radius 2 is 1.47 bits per heavy atom. The average Bonchev–Trinajstić information content (AvgIpc) is 2.20. The second-order valence-electron chi connectivity index (χ2n) is 7.36. The lowest BCUT2D eigenvalue weighted by molar-refractivity contribution is 0.181. The summed E-state index contributed by atoms with van der Waals surface area (Å²) in [5.41, 5.74) is 4.30. The van der Waals surface area contributed by atoms with Crippen LogP contribution in [-0.2, 0) is 22.2 Å². The highest BCUT2D eigenvalue weighted by molar-refractivity contribution is 5.53. The van der Waals surface area contributed by atoms with Crippen molar-refractivity contribution < 1.29 is 9.84 Å². The molecule has 1 aromatic rings. The zero-order valence-corrected chi connectivity index (χ0v) is 13.6. The molecule has 0 bridgehead atoms. The van der Waals surface area contributed by atoms with Gasteiger partial charge in [0.05, 0.1) is 6.61 Å². The van der Waals surface area contributed by atoms with E-state index in [9.17, 15) is 5.11 Å². The van der Waals surface area contributed by atoms with Crippen LogP contribution in [0.4, 0.5) is 0 Å². The normalized spacial score (nSPS) is 12.8. The molecule has 1 aromatic carbocycles. The van der Waals surface area contributed by atoms with Crippen molar-refractivity contribution in [2.45, 2.75) is 65.9 Å². The van der Waals surface area contributed by atoms with Crippen molar-refractivity contribution in [3.8, 4) is 5.75 Å². The molecule has 0 unspecified atom stereocenters. The van der Waals surface area contributed by atoms with Crippen LogP contribution in [0, 0.1) is 6.92 Å². The van der Waals surface area contributed by atoms with Crippen molar-refractivity contribution in [1.82, 2.24) is 0 Å². The van der Waals surface area contributed by atoms with E-state index >= 15 is 0 Å². The number of aromatic hydroxyl groups is 1. The van der Waals surface area contributed by atoms with Crippen molar-refractivity contribution in [3.63, 3.8) is 0 Å². The first-order valence-electron chi connectivity index (χ1n) is 6.85. The molecule has 0 atom stereocenters. The van der Waals surface area contributed by atoms with Gasteiger partial charge in [-0.3, -0.25) is 0 Å². The number of hydrogen-bond donors (Lipinski definition) is 1. The summed E-state index contributed by atoms with van der Waals surface area (Å²) >= 11 is 0. The van der Waals surface area contributed by atoms with Crippen LogP contribution in [0.5, 0.6) is 5.75 Å². The lowest BCUT2D eigenvalue weighted by Crippen LogP contribution is -2.19. The highest BCUT2D eigenvalue weighted by Crippen LogP contribution is 2.40. The molecule has 2 heteroatoms. The largest absolute Gasteiger partial charge is 0.507 e. The van der Waals surface area contributed by atoms with Crippen LogP contribution < -0.4 is 0 Å². The summed E-state index contributed by atoms with van der Waals surface area (Å²) in [6.07, 6.45) is 0. The predicted molar refractivity (Wildman–Crippen MR) is 81.0 cm³/mol. The maximum Gasteiger partial charge on any atom is 0.125 e. The second kappa shape index (κ2) is 5.16. The number of phenolic OH excluding ortho intramolecular Hbond substituents is 1. The number of ether oxygens (including phenoxy) is 1. The molecule has 108 valence electrons. The van der Waals surface area contributed by atoms with E-state index in [0.717, 1.165) is 16.7 Å². The zero-order chi connectivity index (χ0) is 15.0. The molecule has 0 amide bonds. The van der Waals surface area contributed by atoms with E-state index in [2.05, 4.69) is 54.5 Å². The molecule has 0 fully saturated rings. The molecular formula is C17H28O2. The topological polar surface area (TPSA) is 29.5 Å². The predicted octanol–water partition coefficient (Wildman–Crippen LogP) is 4.44. The van der Waals surface area contributed by atoms with Crippen molar-refractivity contribution in [2.75, 3.05) is 7.11 Å². The lowest BCUT2D eigenvalue weighted by atomic mass is 9.76. The molecule has 0 radical (unpaired) electrons. The molecule has 0 aliphatic rings. The number of phenols is 1. The summed E-state index contributed by atoms with van der Waals surface area (Å²) in [6.45, 7) is 15.5. The molecular weight excluding hydrogens is 236 g/mol. The first-order valence-corrected chi connectivity index (χ1v) is 6.85. The zero-order valence-electron chi connectivity index (χ0n) is 13.6. The van der Waals surface area contributed by atoms with E-state index in [0.29, 0.717) is 12.4 Å². The van der Waals surface area contributed by atoms with Gasteiger partial charge in [0.1, 0.15) is 5.75 Å². The van der Waals surface area contributed by atoms with E-state index in [-0.39, 0.29) is 10.8 Å². The van der Waals surface area contributed by atoms with Crippen molar-refractivity contribution in [3.05, 3.63) is 28.3 Å². The van der Waals surface area contributed by atoms with Gasteiger partial charge in [0, 0.05) is 12.7 Å². The van der Waals surface area contributed by atoms with Crippen LogP contribution in [0.1, 0.15) is 63.8 Å². The minimum absolute atomic E-state index is 0.0558. The third kappa shape index (κ3) is 3.30. The number of methoxy groups -OCH3 is 1. The van der Waals surface area contributed by atoms with Crippen LogP contribution >= 0.6 is 0 Å². The minimum atomic E-state index is -0.0831. The number of benzene rings is 1. The molecule has 1 N–H and O–H groups in total. The smallest absolute Gasteiger partial charge is 0.125 e. The number of rotatable bonds is 2. The fraction of sp³-hybridized carbons (Fsp3) is 0.647. The molecule has 0 aliphatic carbocycles. The van der Waals surface area contributed by atoms with E-state index in [1.807, 2.05) is 0 Å². The first-order chi connectivity index (χ1) is 8.50. The van der Waals surface area contributed by atoms with Gasteiger partial charge in [0.15, 0.2) is 0 Å². The van der Waals surface area contributed by atoms with Crippen LogP contribution in [-0.4, -0.2) is 12.2 Å². The van der Waals surface area contributed by atoms with E-state index < -0.39 is 0 Å². The molecule has 0 saturated carbocycles. The minimum Gasteiger partial charge on any atom is -0.507 e. The van der Waals surface area contributed by atoms with Gasteiger partial charge in [-0.1, -0.05) is 47.6 Å². The van der Waals surface area contributed by atoms with Crippen LogP contribution in [0.15, 0.2) is 6.07 Å². The summed E-state index contributed by atoms with van der Waals surface area (Å²) in [4.78, 5) is 0. The van der Waals surface area contributed by atoms with Crippen LogP contribution in [0.2, 0.25) is 0 Å². The average molecular weight is 264 g/mol. The molecule has 1 rings (SSSR count). The number of hydrogen-bond acceptors (Lipinski definition) is 2. The van der Waals surface area contributed by atoms with Crippen LogP contribution in [0.25, 0.3) is 0 Å². The molecule has 0 spiro atoms. The molecule has 0 saturated heterocycles. The Hall–Kier alpha value is -1.02. The van der Waals surface area contributed by atoms with Gasteiger partial charge >= 0.3 is 0 Å². The maximum absolute atomic E-state index is 10.5. The molecule has 2 nitrogen and oxygen atoms in total. The standard InChI is InChI=1S/C17H28O2/c1-11-12(10-19-8)15(18)14(17(5,6)7)9-13(11)16(2,3)4/h9,18H,10H2,1-8H3. The van der Waals surface area contributed by atoms with Gasteiger partial charge in [0.2, 0.25) is 0 Å². The van der Waals surface area contributed by atoms with Crippen molar-refractivity contribution in [1.29, 1.82) is 0 Å². The summed E-state index contributed by atoms with van der Waals surface area (Å²) in [7, 11) is 1.67. The first kappa shape index (κ1) is 16.0. The third-order valence-electron chi connectivity index (χ3n) is 3.59. The highest BCUT2D eigenvalue weighted by atomic mass is 16.5. The monoisotopic (exact) mass is 264 g/mol. The fourth-order valence-electron chi connectivity index (χ4n) is 2.50. The molecule has 0 heterocycles. The van der Waals surface area contributed by atoms with E-state index in [4.69, 9.17) is 4.74 Å². The van der Waals surface area contributed by atoms with Gasteiger partial charge in [0.25, 0.3) is 0 Å². The van der Waals surface area contributed by atoms with Gasteiger partial charge in [-0.15, -0.1) is 0 Å². The second-order valence-corrected chi connectivity index (χ2v) is 7.36. The summed E-state index contributed by atoms with van der Waals surface area (Å²) in [6, 6.07) is 2.16. The molecule has 19 heavy (non-hydrogen) atoms. The quantitative estimate of drug-likeness (QED) is 0.855. The maximum atomic E-state index is 10.5. The Labute approximate surface area is 117 Å². The third-order valence-corrected chi connectivity index (χ3v) is 3.59. The Balaban J connectivity index is 3.65. The van der Waals surface area contributed by atoms with Crippen molar-refractivity contribution in [2.24, 2.45) is 0 Å². The highest BCUT2D eigenvalue weighted by Gasteiger charge is 2.27. The van der Waals surface area contributed by atoms with Gasteiger partial charge in [-0.05, 0) is 34.4 Å².